The van der Waals surface area contributed by atoms with Gasteiger partial charge in [-0.05, 0) is 12.5 Å². The van der Waals surface area contributed by atoms with Gasteiger partial charge in [-0.2, -0.15) is 13.2 Å². The van der Waals surface area contributed by atoms with E-state index in [1.165, 1.54) is 6.92 Å². The molecule has 1 aromatic carbocycles. The fourth-order valence-corrected chi connectivity index (χ4v) is 3.81. The number of hydrogen-bond donors (Lipinski definition) is 1. The van der Waals surface area contributed by atoms with Crippen molar-refractivity contribution in [3.05, 3.63) is 35.4 Å². The molecule has 0 radical (unpaired) electrons. The zero-order valence-electron chi connectivity index (χ0n) is 10.9. The SMILES string of the molecule is CC[C@H](c1ccc(F)cc1F)S(=O)(=O)C[C@@H](O)C(F)(F)F. The van der Waals surface area contributed by atoms with Crippen molar-refractivity contribution in [3.63, 3.8) is 0 Å². The number of aliphatic hydroxyl groups excluding tert-OH is 1. The number of hydrogen-bond acceptors (Lipinski definition) is 3. The van der Waals surface area contributed by atoms with Gasteiger partial charge in [0.15, 0.2) is 15.9 Å². The van der Waals surface area contributed by atoms with Crippen LogP contribution in [0, 0.1) is 11.6 Å². The Morgan fingerprint density at radius 3 is 2.24 bits per heavy atom. The van der Waals surface area contributed by atoms with Gasteiger partial charge < -0.3 is 5.11 Å². The average molecular weight is 332 g/mol. The Bertz CT molecular complexity index is 597. The van der Waals surface area contributed by atoms with Crippen molar-refractivity contribution in [1.29, 1.82) is 0 Å². The van der Waals surface area contributed by atoms with Crippen molar-refractivity contribution in [1.82, 2.24) is 0 Å². The van der Waals surface area contributed by atoms with Gasteiger partial charge in [0.05, 0.1) is 11.0 Å². The molecule has 0 unspecified atom stereocenters. The van der Waals surface area contributed by atoms with E-state index in [1.54, 1.807) is 0 Å². The van der Waals surface area contributed by atoms with Gasteiger partial charge in [0.25, 0.3) is 0 Å². The molecule has 9 heteroatoms. The van der Waals surface area contributed by atoms with Crippen molar-refractivity contribution >= 4 is 9.84 Å². The molecule has 120 valence electrons. The monoisotopic (exact) mass is 332 g/mol. The van der Waals surface area contributed by atoms with Crippen LogP contribution in [0.1, 0.15) is 24.2 Å². The first kappa shape index (κ1) is 17.8. The van der Waals surface area contributed by atoms with E-state index in [2.05, 4.69) is 0 Å². The van der Waals surface area contributed by atoms with Crippen molar-refractivity contribution < 1.29 is 35.5 Å². The maximum atomic E-state index is 13.6. The average Bonchev–Trinajstić information content (AvgIpc) is 2.30. The minimum Gasteiger partial charge on any atom is -0.383 e. The first-order valence-corrected chi connectivity index (χ1v) is 7.62. The van der Waals surface area contributed by atoms with Crippen LogP contribution in [0.3, 0.4) is 0 Å². The minimum atomic E-state index is -5.09. The van der Waals surface area contributed by atoms with Crippen LogP contribution in [-0.4, -0.2) is 31.6 Å². The lowest BCUT2D eigenvalue weighted by atomic mass is 10.1. The highest BCUT2D eigenvalue weighted by Crippen LogP contribution is 2.31. The summed E-state index contributed by atoms with van der Waals surface area (Å²) in [6.45, 7) is 1.34. The highest BCUT2D eigenvalue weighted by Gasteiger charge is 2.43. The van der Waals surface area contributed by atoms with E-state index in [0.717, 1.165) is 12.1 Å². The summed E-state index contributed by atoms with van der Waals surface area (Å²) >= 11 is 0. The number of aliphatic hydroxyl groups is 1. The zero-order chi connectivity index (χ0) is 16.4. The van der Waals surface area contributed by atoms with Crippen LogP contribution in [0.5, 0.6) is 0 Å². The Morgan fingerprint density at radius 2 is 1.81 bits per heavy atom. The standard InChI is InChI=1S/C12H13F5O3S/c1-2-10(8-4-3-7(13)5-9(8)14)21(19,20)6-11(18)12(15,16)17/h3-5,10-11,18H,2,6H2,1H3/t10-,11-/m1/s1. The molecule has 1 aromatic rings. The topological polar surface area (TPSA) is 54.4 Å². The summed E-state index contributed by atoms with van der Waals surface area (Å²) in [7, 11) is -4.48. The minimum absolute atomic E-state index is 0.213. The second kappa shape index (κ2) is 6.27. The van der Waals surface area contributed by atoms with E-state index >= 15 is 0 Å². The van der Waals surface area contributed by atoms with Crippen LogP contribution < -0.4 is 0 Å². The third-order valence-corrected chi connectivity index (χ3v) is 5.12. The molecule has 0 saturated carbocycles. The molecule has 0 aliphatic rings. The zero-order valence-corrected chi connectivity index (χ0v) is 11.7. The maximum absolute atomic E-state index is 13.6. The highest BCUT2D eigenvalue weighted by atomic mass is 32.2. The number of rotatable bonds is 5. The van der Waals surface area contributed by atoms with Gasteiger partial charge in [0.2, 0.25) is 0 Å². The van der Waals surface area contributed by atoms with E-state index in [0.29, 0.717) is 6.07 Å². The predicted molar refractivity (Wildman–Crippen MR) is 65.2 cm³/mol. The van der Waals surface area contributed by atoms with Crippen molar-refractivity contribution in [2.75, 3.05) is 5.75 Å². The van der Waals surface area contributed by atoms with Crippen LogP contribution in [0.2, 0.25) is 0 Å². The van der Waals surface area contributed by atoms with Crippen molar-refractivity contribution in [3.8, 4) is 0 Å². The maximum Gasteiger partial charge on any atom is 0.415 e. The molecule has 0 saturated heterocycles. The summed E-state index contributed by atoms with van der Waals surface area (Å²) in [5.41, 5.74) is -0.423. The van der Waals surface area contributed by atoms with Crippen molar-refractivity contribution in [2.45, 2.75) is 30.9 Å². The summed E-state index contributed by atoms with van der Waals surface area (Å²) < 4.78 is 87.0. The quantitative estimate of drug-likeness (QED) is 0.844. The van der Waals surface area contributed by atoms with Gasteiger partial charge in [-0.1, -0.05) is 13.0 Å². The van der Waals surface area contributed by atoms with Crippen LogP contribution in [0.25, 0.3) is 0 Å². The second-order valence-corrected chi connectivity index (χ2v) is 6.68. The molecule has 1 rings (SSSR count). The normalized spacial score (nSPS) is 15.8. The Kier molecular flexibility index (Phi) is 5.32. The lowest BCUT2D eigenvalue weighted by Crippen LogP contribution is -2.37. The van der Waals surface area contributed by atoms with Gasteiger partial charge in [0.1, 0.15) is 11.6 Å². The molecular formula is C12H13F5O3S. The Morgan fingerprint density at radius 1 is 1.24 bits per heavy atom. The van der Waals surface area contributed by atoms with Crippen LogP contribution in [-0.2, 0) is 9.84 Å². The molecular weight excluding hydrogens is 319 g/mol. The van der Waals surface area contributed by atoms with Gasteiger partial charge in [-0.3, -0.25) is 0 Å². The van der Waals surface area contributed by atoms with Gasteiger partial charge >= 0.3 is 6.18 Å². The van der Waals surface area contributed by atoms with E-state index in [-0.39, 0.29) is 6.42 Å². The molecule has 2 atom stereocenters. The van der Waals surface area contributed by atoms with E-state index in [9.17, 15) is 30.4 Å². The molecule has 0 bridgehead atoms. The van der Waals surface area contributed by atoms with E-state index in [1.807, 2.05) is 0 Å². The predicted octanol–water partition coefficient (Wildman–Crippen LogP) is 2.75. The third kappa shape index (κ3) is 4.37. The Labute approximate surface area is 118 Å². The summed E-state index contributed by atoms with van der Waals surface area (Å²) in [6, 6.07) is 2.14. The summed E-state index contributed by atoms with van der Waals surface area (Å²) in [5.74, 6) is -3.67. The first-order chi connectivity index (χ1) is 9.49. The summed E-state index contributed by atoms with van der Waals surface area (Å²) in [5, 5.41) is 7.28. The fourth-order valence-electron chi connectivity index (χ4n) is 1.86. The molecule has 1 N–H and O–H groups in total. The second-order valence-electron chi connectivity index (χ2n) is 4.45. The molecule has 0 aliphatic carbocycles. The number of halogens is 5. The lowest BCUT2D eigenvalue weighted by Gasteiger charge is -2.20. The summed E-state index contributed by atoms with van der Waals surface area (Å²) in [4.78, 5) is 0. The smallest absolute Gasteiger partial charge is 0.383 e. The Balaban J connectivity index is 3.14. The number of alkyl halides is 3. The molecule has 0 aromatic heterocycles. The number of sulfone groups is 1. The third-order valence-electron chi connectivity index (χ3n) is 2.88. The molecule has 0 fully saturated rings. The molecule has 21 heavy (non-hydrogen) atoms. The van der Waals surface area contributed by atoms with Gasteiger partial charge in [-0.15, -0.1) is 0 Å². The molecule has 0 spiro atoms. The van der Waals surface area contributed by atoms with Gasteiger partial charge in [0, 0.05) is 11.6 Å². The fraction of sp³-hybridized carbons (Fsp3) is 0.500. The van der Waals surface area contributed by atoms with E-state index < -0.39 is 50.3 Å². The molecule has 0 aliphatic heterocycles. The molecule has 3 nitrogen and oxygen atoms in total. The molecule has 0 heterocycles. The molecule has 0 amide bonds. The van der Waals surface area contributed by atoms with E-state index in [4.69, 9.17) is 5.11 Å². The van der Waals surface area contributed by atoms with Crippen LogP contribution in [0.15, 0.2) is 18.2 Å². The summed E-state index contributed by atoms with van der Waals surface area (Å²) in [6.07, 6.45) is -8.36. The highest BCUT2D eigenvalue weighted by molar-refractivity contribution is 7.91. The Hall–Kier alpha value is -1.22. The first-order valence-electron chi connectivity index (χ1n) is 5.90. The lowest BCUT2D eigenvalue weighted by molar-refractivity contribution is -0.196. The van der Waals surface area contributed by atoms with Crippen molar-refractivity contribution in [2.24, 2.45) is 0 Å². The van der Waals surface area contributed by atoms with Crippen LogP contribution in [0.4, 0.5) is 22.0 Å². The largest absolute Gasteiger partial charge is 0.415 e. The van der Waals surface area contributed by atoms with Crippen LogP contribution >= 0.6 is 0 Å². The van der Waals surface area contributed by atoms with Gasteiger partial charge in [-0.25, -0.2) is 17.2 Å². The number of benzene rings is 1.